The number of rotatable bonds is 3. The Kier molecular flexibility index (Phi) is 4.29. The minimum atomic E-state index is -0.289. The SMILES string of the molecule is C=CC(/C=C\C)OC(C)=O. The second-order valence-corrected chi connectivity index (χ2v) is 1.84. The van der Waals surface area contributed by atoms with Gasteiger partial charge < -0.3 is 4.74 Å². The van der Waals surface area contributed by atoms with Crippen LogP contribution in [0.3, 0.4) is 0 Å². The summed E-state index contributed by atoms with van der Waals surface area (Å²) in [6, 6.07) is 0. The topological polar surface area (TPSA) is 26.3 Å². The van der Waals surface area contributed by atoms with Crippen molar-refractivity contribution in [1.29, 1.82) is 0 Å². The first kappa shape index (κ1) is 8.95. The Hall–Kier alpha value is -1.05. The molecule has 0 spiro atoms. The normalized spacial score (nSPS) is 13.0. The van der Waals surface area contributed by atoms with Gasteiger partial charge in [0.2, 0.25) is 0 Å². The van der Waals surface area contributed by atoms with Crippen molar-refractivity contribution >= 4 is 5.97 Å². The van der Waals surface area contributed by atoms with E-state index < -0.39 is 0 Å². The molecule has 0 aliphatic heterocycles. The van der Waals surface area contributed by atoms with Crippen molar-refractivity contribution in [2.45, 2.75) is 20.0 Å². The fourth-order valence-electron chi connectivity index (χ4n) is 0.547. The molecule has 0 fully saturated rings. The summed E-state index contributed by atoms with van der Waals surface area (Å²) in [6.45, 7) is 6.74. The second kappa shape index (κ2) is 4.79. The minimum absolute atomic E-state index is 0.275. The van der Waals surface area contributed by atoms with E-state index in [9.17, 15) is 4.79 Å². The molecule has 0 saturated heterocycles. The van der Waals surface area contributed by atoms with E-state index in [1.54, 1.807) is 12.2 Å². The number of ether oxygens (including phenoxy) is 1. The van der Waals surface area contributed by atoms with Gasteiger partial charge in [0, 0.05) is 6.92 Å². The van der Waals surface area contributed by atoms with Gasteiger partial charge >= 0.3 is 5.97 Å². The number of carbonyl (C=O) groups excluding carboxylic acids is 1. The van der Waals surface area contributed by atoms with Crippen molar-refractivity contribution in [3.8, 4) is 0 Å². The fourth-order valence-corrected chi connectivity index (χ4v) is 0.547. The highest BCUT2D eigenvalue weighted by Crippen LogP contribution is 1.95. The van der Waals surface area contributed by atoms with Gasteiger partial charge in [0.25, 0.3) is 0 Å². The van der Waals surface area contributed by atoms with Crippen LogP contribution in [0.25, 0.3) is 0 Å². The Bertz CT molecular complexity index is 147. The Labute approximate surface area is 61.2 Å². The zero-order chi connectivity index (χ0) is 7.98. The van der Waals surface area contributed by atoms with Crippen LogP contribution in [0, 0.1) is 0 Å². The van der Waals surface area contributed by atoms with Crippen molar-refractivity contribution in [1.82, 2.24) is 0 Å². The van der Waals surface area contributed by atoms with Crippen molar-refractivity contribution < 1.29 is 9.53 Å². The summed E-state index contributed by atoms with van der Waals surface area (Å²) < 4.78 is 4.80. The predicted molar refractivity (Wildman–Crippen MR) is 40.6 cm³/mol. The van der Waals surface area contributed by atoms with Gasteiger partial charge in [-0.2, -0.15) is 0 Å². The summed E-state index contributed by atoms with van der Waals surface area (Å²) in [5.74, 6) is -0.289. The molecule has 0 rings (SSSR count). The van der Waals surface area contributed by atoms with Crippen LogP contribution in [0.1, 0.15) is 13.8 Å². The van der Waals surface area contributed by atoms with Crippen LogP contribution in [-0.2, 0) is 9.53 Å². The number of carbonyl (C=O) groups is 1. The molecular formula is C8H12O2. The predicted octanol–water partition coefficient (Wildman–Crippen LogP) is 1.68. The fraction of sp³-hybridized carbons (Fsp3) is 0.375. The third kappa shape index (κ3) is 3.89. The summed E-state index contributed by atoms with van der Waals surface area (Å²) in [5, 5.41) is 0. The number of esters is 1. The van der Waals surface area contributed by atoms with Crippen LogP contribution in [-0.4, -0.2) is 12.1 Å². The quantitative estimate of drug-likeness (QED) is 0.440. The third-order valence-corrected chi connectivity index (χ3v) is 0.916. The maximum atomic E-state index is 10.4. The van der Waals surface area contributed by atoms with E-state index in [-0.39, 0.29) is 12.1 Å². The van der Waals surface area contributed by atoms with Crippen LogP contribution < -0.4 is 0 Å². The molecular weight excluding hydrogens is 128 g/mol. The molecule has 0 aromatic carbocycles. The van der Waals surface area contributed by atoms with Gasteiger partial charge in [0.05, 0.1) is 0 Å². The smallest absolute Gasteiger partial charge is 0.303 e. The monoisotopic (exact) mass is 140 g/mol. The average molecular weight is 140 g/mol. The molecule has 56 valence electrons. The zero-order valence-electron chi connectivity index (χ0n) is 6.33. The molecule has 2 nitrogen and oxygen atoms in total. The highest BCUT2D eigenvalue weighted by molar-refractivity contribution is 5.66. The molecule has 0 radical (unpaired) electrons. The summed E-state index contributed by atoms with van der Waals surface area (Å²) >= 11 is 0. The van der Waals surface area contributed by atoms with E-state index in [0.717, 1.165) is 0 Å². The maximum absolute atomic E-state index is 10.4. The largest absolute Gasteiger partial charge is 0.454 e. The van der Waals surface area contributed by atoms with Crippen LogP contribution in [0.5, 0.6) is 0 Å². The Morgan fingerprint density at radius 1 is 1.70 bits per heavy atom. The number of hydrogen-bond acceptors (Lipinski definition) is 2. The summed E-state index contributed by atoms with van der Waals surface area (Å²) in [6.07, 6.45) is 4.87. The first-order valence-corrected chi connectivity index (χ1v) is 3.13. The summed E-state index contributed by atoms with van der Waals surface area (Å²) in [7, 11) is 0. The lowest BCUT2D eigenvalue weighted by Crippen LogP contribution is -2.09. The highest BCUT2D eigenvalue weighted by atomic mass is 16.5. The van der Waals surface area contributed by atoms with E-state index in [0.29, 0.717) is 0 Å². The molecule has 0 aliphatic rings. The molecule has 0 heterocycles. The maximum Gasteiger partial charge on any atom is 0.303 e. The third-order valence-electron chi connectivity index (χ3n) is 0.916. The molecule has 2 heteroatoms. The molecule has 1 unspecified atom stereocenters. The van der Waals surface area contributed by atoms with Crippen LogP contribution >= 0.6 is 0 Å². The van der Waals surface area contributed by atoms with Crippen molar-refractivity contribution in [3.63, 3.8) is 0 Å². The lowest BCUT2D eigenvalue weighted by Gasteiger charge is -2.05. The molecule has 0 aliphatic carbocycles. The van der Waals surface area contributed by atoms with Crippen molar-refractivity contribution in [3.05, 3.63) is 24.8 Å². The number of allylic oxidation sites excluding steroid dienone is 1. The van der Waals surface area contributed by atoms with E-state index in [4.69, 9.17) is 4.74 Å². The van der Waals surface area contributed by atoms with E-state index in [1.807, 2.05) is 13.0 Å². The van der Waals surface area contributed by atoms with Gasteiger partial charge in [0.1, 0.15) is 6.10 Å². The molecule has 0 aromatic heterocycles. The summed E-state index contributed by atoms with van der Waals surface area (Å²) in [4.78, 5) is 10.4. The molecule has 0 N–H and O–H groups in total. The Morgan fingerprint density at radius 3 is 2.60 bits per heavy atom. The van der Waals surface area contributed by atoms with Gasteiger partial charge in [-0.15, -0.1) is 0 Å². The first-order chi connectivity index (χ1) is 4.70. The summed E-state index contributed by atoms with van der Waals surface area (Å²) in [5.41, 5.74) is 0. The molecule has 0 aromatic rings. The second-order valence-electron chi connectivity index (χ2n) is 1.84. The van der Waals surface area contributed by atoms with Crippen molar-refractivity contribution in [2.75, 3.05) is 0 Å². The molecule has 0 bridgehead atoms. The van der Waals surface area contributed by atoms with Crippen LogP contribution in [0.15, 0.2) is 24.8 Å². The van der Waals surface area contributed by atoms with E-state index >= 15 is 0 Å². The molecule has 0 saturated carbocycles. The van der Waals surface area contributed by atoms with Crippen LogP contribution in [0.2, 0.25) is 0 Å². The van der Waals surface area contributed by atoms with Gasteiger partial charge in [-0.3, -0.25) is 4.79 Å². The number of hydrogen-bond donors (Lipinski definition) is 0. The van der Waals surface area contributed by atoms with E-state index in [1.165, 1.54) is 6.92 Å². The van der Waals surface area contributed by atoms with Crippen molar-refractivity contribution in [2.24, 2.45) is 0 Å². The van der Waals surface area contributed by atoms with E-state index in [2.05, 4.69) is 6.58 Å². The molecule has 0 amide bonds. The Morgan fingerprint density at radius 2 is 2.30 bits per heavy atom. The lowest BCUT2D eigenvalue weighted by molar-refractivity contribution is -0.142. The molecule has 1 atom stereocenters. The highest BCUT2D eigenvalue weighted by Gasteiger charge is 2.00. The minimum Gasteiger partial charge on any atom is -0.454 e. The van der Waals surface area contributed by atoms with Gasteiger partial charge in [-0.1, -0.05) is 12.7 Å². The van der Waals surface area contributed by atoms with Gasteiger partial charge in [-0.05, 0) is 19.1 Å². The zero-order valence-corrected chi connectivity index (χ0v) is 6.33. The molecule has 10 heavy (non-hydrogen) atoms. The average Bonchev–Trinajstić information content (AvgIpc) is 1.86. The van der Waals surface area contributed by atoms with Gasteiger partial charge in [-0.25, -0.2) is 0 Å². The Balaban J connectivity index is 3.83. The standard InChI is InChI=1S/C8H12O2/c1-4-6-8(5-2)10-7(3)9/h4-6,8H,2H2,1,3H3/b6-4-. The van der Waals surface area contributed by atoms with Gasteiger partial charge in [0.15, 0.2) is 0 Å². The van der Waals surface area contributed by atoms with Crippen LogP contribution in [0.4, 0.5) is 0 Å². The first-order valence-electron chi connectivity index (χ1n) is 3.13. The lowest BCUT2D eigenvalue weighted by atomic mass is 10.3.